The summed E-state index contributed by atoms with van der Waals surface area (Å²) in [4.78, 5) is 16.9. The Morgan fingerprint density at radius 1 is 1.83 bits per heavy atom. The molecule has 66 valence electrons. The third-order valence-electron chi connectivity index (χ3n) is 1.42. The molecule has 1 heterocycles. The molecule has 12 heavy (non-hydrogen) atoms. The normalized spacial score (nSPS) is 9.83. The van der Waals surface area contributed by atoms with E-state index in [9.17, 15) is 4.79 Å². The average Bonchev–Trinajstić information content (AvgIpc) is 2.55. The van der Waals surface area contributed by atoms with Crippen molar-refractivity contribution >= 4 is 39.8 Å². The summed E-state index contributed by atoms with van der Waals surface area (Å²) in [5.41, 5.74) is 2.73. The molecule has 0 aliphatic carbocycles. The number of aromatic nitrogens is 1. The van der Waals surface area contributed by atoms with Gasteiger partial charge in [-0.05, 0) is 0 Å². The summed E-state index contributed by atoms with van der Waals surface area (Å²) in [7, 11) is 1.79. The highest BCUT2D eigenvalue weighted by molar-refractivity contribution is 14.1. The molecule has 0 fully saturated rings. The standard InChI is InChI=1S/C7H9IN2OS/c1-10(7(11)2-8)3-6-4-12-5-9-6/h4-5H,2-3H2,1H3. The van der Waals surface area contributed by atoms with E-state index < -0.39 is 0 Å². The van der Waals surface area contributed by atoms with E-state index >= 15 is 0 Å². The Morgan fingerprint density at radius 2 is 2.58 bits per heavy atom. The number of hydrogen-bond donors (Lipinski definition) is 0. The van der Waals surface area contributed by atoms with Crippen LogP contribution in [-0.4, -0.2) is 27.3 Å². The van der Waals surface area contributed by atoms with Crippen LogP contribution in [0.25, 0.3) is 0 Å². The van der Waals surface area contributed by atoms with E-state index in [1.165, 1.54) is 0 Å². The van der Waals surface area contributed by atoms with Crippen molar-refractivity contribution < 1.29 is 4.79 Å². The maximum Gasteiger partial charge on any atom is 0.232 e. The van der Waals surface area contributed by atoms with Gasteiger partial charge >= 0.3 is 0 Å². The lowest BCUT2D eigenvalue weighted by Gasteiger charge is -2.13. The van der Waals surface area contributed by atoms with E-state index in [0.29, 0.717) is 11.0 Å². The number of hydrogen-bond acceptors (Lipinski definition) is 3. The van der Waals surface area contributed by atoms with Crippen LogP contribution < -0.4 is 0 Å². The number of carbonyl (C=O) groups excluding carboxylic acids is 1. The van der Waals surface area contributed by atoms with Gasteiger partial charge in [0.1, 0.15) is 0 Å². The molecule has 5 heteroatoms. The molecule has 0 N–H and O–H groups in total. The lowest BCUT2D eigenvalue weighted by molar-refractivity contribution is -0.127. The van der Waals surface area contributed by atoms with Gasteiger partial charge in [0, 0.05) is 12.4 Å². The minimum atomic E-state index is 0.142. The molecule has 0 spiro atoms. The molecule has 0 aliphatic heterocycles. The SMILES string of the molecule is CN(Cc1cscn1)C(=O)CI. The first-order valence-corrected chi connectivity index (χ1v) is 5.88. The monoisotopic (exact) mass is 296 g/mol. The fraction of sp³-hybridized carbons (Fsp3) is 0.429. The van der Waals surface area contributed by atoms with Gasteiger partial charge < -0.3 is 4.90 Å². The van der Waals surface area contributed by atoms with Gasteiger partial charge in [-0.25, -0.2) is 4.98 Å². The number of nitrogens with zero attached hydrogens (tertiary/aromatic N) is 2. The Hall–Kier alpha value is -0.170. The average molecular weight is 296 g/mol. The van der Waals surface area contributed by atoms with Gasteiger partial charge in [-0.3, -0.25) is 4.79 Å². The third-order valence-corrected chi connectivity index (χ3v) is 2.71. The lowest BCUT2D eigenvalue weighted by atomic mass is 10.4. The van der Waals surface area contributed by atoms with Crippen LogP contribution in [-0.2, 0) is 11.3 Å². The molecule has 0 saturated carbocycles. The molecule has 0 unspecified atom stereocenters. The second kappa shape index (κ2) is 4.76. The van der Waals surface area contributed by atoms with Crippen molar-refractivity contribution in [1.82, 2.24) is 9.88 Å². The van der Waals surface area contributed by atoms with Crippen molar-refractivity contribution in [3.05, 3.63) is 16.6 Å². The predicted molar refractivity (Wildman–Crippen MR) is 57.5 cm³/mol. The van der Waals surface area contributed by atoms with Crippen molar-refractivity contribution in [2.24, 2.45) is 0 Å². The molecule has 1 amide bonds. The highest BCUT2D eigenvalue weighted by Crippen LogP contribution is 2.04. The molecular formula is C7H9IN2OS. The fourth-order valence-electron chi connectivity index (χ4n) is 0.749. The smallest absolute Gasteiger partial charge is 0.232 e. The second-order valence-electron chi connectivity index (χ2n) is 2.36. The molecular weight excluding hydrogens is 287 g/mol. The third kappa shape index (κ3) is 2.71. The molecule has 0 radical (unpaired) electrons. The minimum absolute atomic E-state index is 0.142. The summed E-state index contributed by atoms with van der Waals surface area (Å²) in [5.74, 6) is 0.142. The van der Waals surface area contributed by atoms with Crippen molar-refractivity contribution in [2.75, 3.05) is 11.5 Å². The van der Waals surface area contributed by atoms with Gasteiger partial charge in [-0.2, -0.15) is 0 Å². The van der Waals surface area contributed by atoms with E-state index in [1.807, 2.05) is 5.38 Å². The summed E-state index contributed by atoms with van der Waals surface area (Å²) in [6.07, 6.45) is 0. The van der Waals surface area contributed by atoms with Gasteiger partial charge in [0.15, 0.2) is 0 Å². The van der Waals surface area contributed by atoms with Gasteiger partial charge in [0.25, 0.3) is 0 Å². The first kappa shape index (κ1) is 9.91. The number of rotatable bonds is 3. The molecule has 1 aromatic rings. The molecule has 0 bridgehead atoms. The van der Waals surface area contributed by atoms with E-state index in [4.69, 9.17) is 0 Å². The highest BCUT2D eigenvalue weighted by atomic mass is 127. The number of alkyl halides is 1. The molecule has 1 aromatic heterocycles. The molecule has 3 nitrogen and oxygen atoms in total. The second-order valence-corrected chi connectivity index (χ2v) is 3.84. The molecule has 1 rings (SSSR count). The minimum Gasteiger partial charge on any atom is -0.339 e. The maximum absolute atomic E-state index is 11.1. The Morgan fingerprint density at radius 3 is 3.08 bits per heavy atom. The lowest BCUT2D eigenvalue weighted by Crippen LogP contribution is -2.26. The van der Waals surface area contributed by atoms with Gasteiger partial charge in [-0.15, -0.1) is 11.3 Å². The van der Waals surface area contributed by atoms with Gasteiger partial charge in [-0.1, -0.05) is 22.6 Å². The molecule has 0 aromatic carbocycles. The van der Waals surface area contributed by atoms with Crippen LogP contribution in [0.15, 0.2) is 10.9 Å². The summed E-state index contributed by atoms with van der Waals surface area (Å²) in [5, 5.41) is 1.96. The number of carbonyl (C=O) groups is 1. The van der Waals surface area contributed by atoms with Crippen LogP contribution in [0.4, 0.5) is 0 Å². The van der Waals surface area contributed by atoms with E-state index in [-0.39, 0.29) is 5.91 Å². The van der Waals surface area contributed by atoms with Crippen molar-refractivity contribution in [3.63, 3.8) is 0 Å². The van der Waals surface area contributed by atoms with Crippen molar-refractivity contribution in [2.45, 2.75) is 6.54 Å². The van der Waals surface area contributed by atoms with Crippen LogP contribution in [0.3, 0.4) is 0 Å². The van der Waals surface area contributed by atoms with Crippen molar-refractivity contribution in [3.8, 4) is 0 Å². The Kier molecular flexibility index (Phi) is 3.93. The van der Waals surface area contributed by atoms with Crippen molar-refractivity contribution in [1.29, 1.82) is 0 Å². The van der Waals surface area contributed by atoms with Crippen LogP contribution in [0.2, 0.25) is 0 Å². The summed E-state index contributed by atoms with van der Waals surface area (Å²) >= 11 is 3.61. The van der Waals surface area contributed by atoms with Crippen LogP contribution in [0.5, 0.6) is 0 Å². The zero-order valence-corrected chi connectivity index (χ0v) is 9.63. The zero-order valence-electron chi connectivity index (χ0n) is 6.66. The van der Waals surface area contributed by atoms with Crippen LogP contribution in [0, 0.1) is 0 Å². The van der Waals surface area contributed by atoms with Crippen LogP contribution in [0.1, 0.15) is 5.69 Å². The zero-order chi connectivity index (χ0) is 8.97. The first-order chi connectivity index (χ1) is 5.74. The first-order valence-electron chi connectivity index (χ1n) is 3.41. The topological polar surface area (TPSA) is 33.2 Å². The Balaban J connectivity index is 2.47. The molecule has 0 saturated heterocycles. The predicted octanol–water partition coefficient (Wildman–Crippen LogP) is 1.54. The molecule has 0 aliphatic rings. The number of thiazole rings is 1. The molecule has 0 atom stereocenters. The maximum atomic E-state index is 11.1. The Labute approximate surface area is 88.9 Å². The van der Waals surface area contributed by atoms with Gasteiger partial charge in [0.05, 0.1) is 22.2 Å². The van der Waals surface area contributed by atoms with E-state index in [0.717, 1.165) is 5.69 Å². The van der Waals surface area contributed by atoms with E-state index in [2.05, 4.69) is 27.6 Å². The summed E-state index contributed by atoms with van der Waals surface area (Å²) < 4.78 is 0.526. The summed E-state index contributed by atoms with van der Waals surface area (Å²) in [6, 6.07) is 0. The summed E-state index contributed by atoms with van der Waals surface area (Å²) in [6.45, 7) is 0.616. The highest BCUT2D eigenvalue weighted by Gasteiger charge is 2.07. The number of amides is 1. The van der Waals surface area contributed by atoms with Crippen LogP contribution >= 0.6 is 33.9 Å². The fourth-order valence-corrected chi connectivity index (χ4v) is 1.88. The van der Waals surface area contributed by atoms with Gasteiger partial charge in [0.2, 0.25) is 5.91 Å². The van der Waals surface area contributed by atoms with E-state index in [1.54, 1.807) is 28.8 Å². The largest absolute Gasteiger partial charge is 0.339 e. The Bertz CT molecular complexity index is 250. The number of halogens is 1. The quantitative estimate of drug-likeness (QED) is 0.626.